The predicted molar refractivity (Wildman–Crippen MR) is 65.5 cm³/mol. The van der Waals surface area contributed by atoms with Gasteiger partial charge in [-0.05, 0) is 31.5 Å². The molecule has 90 valence electrons. The van der Waals surface area contributed by atoms with E-state index in [1.54, 1.807) is 17.9 Å². The molecule has 1 heterocycles. The van der Waals surface area contributed by atoms with Crippen molar-refractivity contribution in [2.75, 3.05) is 17.2 Å². The Morgan fingerprint density at radius 1 is 1.41 bits per heavy atom. The highest BCUT2D eigenvalue weighted by Gasteiger charge is 2.31. The first-order valence-electron chi connectivity index (χ1n) is 5.45. The minimum atomic E-state index is -0.392. The number of amides is 2. The van der Waals surface area contributed by atoms with Crippen LogP contribution in [-0.2, 0) is 9.59 Å². The van der Waals surface area contributed by atoms with E-state index in [9.17, 15) is 9.59 Å². The molecule has 1 aliphatic rings. The van der Waals surface area contributed by atoms with Crippen LogP contribution in [0.4, 0.5) is 11.4 Å². The molecule has 2 rings (SSSR count). The third kappa shape index (κ3) is 2.08. The van der Waals surface area contributed by atoms with Gasteiger partial charge in [-0.2, -0.15) is 0 Å². The van der Waals surface area contributed by atoms with E-state index >= 15 is 0 Å². The lowest BCUT2D eigenvalue weighted by molar-refractivity contribution is -0.132. The van der Waals surface area contributed by atoms with Crippen LogP contribution >= 0.6 is 0 Å². The second kappa shape index (κ2) is 4.08. The number of carbonyl (C=O) groups is 2. The molecule has 1 aromatic rings. The molecule has 0 aromatic heterocycles. The maximum atomic E-state index is 11.6. The Balaban J connectivity index is 2.40. The number of benzene rings is 1. The third-order valence-electron chi connectivity index (χ3n) is 2.92. The van der Waals surface area contributed by atoms with E-state index in [-0.39, 0.29) is 18.4 Å². The molecule has 1 unspecified atom stereocenters. The zero-order valence-electron chi connectivity index (χ0n) is 9.86. The summed E-state index contributed by atoms with van der Waals surface area (Å²) in [7, 11) is 0. The summed E-state index contributed by atoms with van der Waals surface area (Å²) in [5.74, 6) is -0.587. The highest BCUT2D eigenvalue weighted by atomic mass is 16.2. The number of nitrogen functional groups attached to an aromatic ring is 1. The normalized spacial score (nSPS) is 20.4. The van der Waals surface area contributed by atoms with Gasteiger partial charge in [0.2, 0.25) is 11.8 Å². The summed E-state index contributed by atoms with van der Waals surface area (Å²) in [6.07, 6.45) is 0. The van der Waals surface area contributed by atoms with Gasteiger partial charge in [0, 0.05) is 0 Å². The second-order valence-corrected chi connectivity index (χ2v) is 4.28. The van der Waals surface area contributed by atoms with Crippen LogP contribution in [0.15, 0.2) is 18.2 Å². The van der Waals surface area contributed by atoms with Gasteiger partial charge in [0.15, 0.2) is 0 Å². The molecule has 1 fully saturated rings. The minimum Gasteiger partial charge on any atom is -0.397 e. The van der Waals surface area contributed by atoms with E-state index in [0.717, 1.165) is 11.3 Å². The molecule has 2 amide bonds. The number of anilines is 2. The fraction of sp³-hybridized carbons (Fsp3) is 0.333. The van der Waals surface area contributed by atoms with Gasteiger partial charge in [0.1, 0.15) is 6.04 Å². The Morgan fingerprint density at radius 2 is 2.12 bits per heavy atom. The quantitative estimate of drug-likeness (QED) is 0.545. The fourth-order valence-electron chi connectivity index (χ4n) is 1.91. The first-order valence-corrected chi connectivity index (χ1v) is 5.45. The van der Waals surface area contributed by atoms with Crippen molar-refractivity contribution in [3.8, 4) is 0 Å². The number of rotatable bonds is 1. The Labute approximate surface area is 99.6 Å². The summed E-state index contributed by atoms with van der Waals surface area (Å²) >= 11 is 0. The molecule has 5 heteroatoms. The van der Waals surface area contributed by atoms with Gasteiger partial charge in [0.05, 0.1) is 17.9 Å². The van der Waals surface area contributed by atoms with Crippen molar-refractivity contribution in [3.05, 3.63) is 23.8 Å². The van der Waals surface area contributed by atoms with Crippen LogP contribution in [0.25, 0.3) is 0 Å². The molecular formula is C12H15N3O2. The van der Waals surface area contributed by atoms with Gasteiger partial charge in [0.25, 0.3) is 0 Å². The van der Waals surface area contributed by atoms with Crippen LogP contribution in [-0.4, -0.2) is 24.4 Å². The van der Waals surface area contributed by atoms with Crippen molar-refractivity contribution in [2.45, 2.75) is 19.9 Å². The Kier molecular flexibility index (Phi) is 2.75. The van der Waals surface area contributed by atoms with Crippen molar-refractivity contribution in [1.29, 1.82) is 0 Å². The van der Waals surface area contributed by atoms with E-state index < -0.39 is 6.04 Å². The highest BCUT2D eigenvalue weighted by Crippen LogP contribution is 2.27. The van der Waals surface area contributed by atoms with Gasteiger partial charge in [-0.3, -0.25) is 14.9 Å². The number of nitrogens with zero attached hydrogens (tertiary/aromatic N) is 1. The van der Waals surface area contributed by atoms with Crippen LogP contribution in [0.2, 0.25) is 0 Å². The summed E-state index contributed by atoms with van der Waals surface area (Å²) < 4.78 is 0. The molecule has 3 N–H and O–H groups in total. The average molecular weight is 233 g/mol. The summed E-state index contributed by atoms with van der Waals surface area (Å²) in [5, 5.41) is 2.30. The molecule has 0 saturated carbocycles. The van der Waals surface area contributed by atoms with E-state index in [2.05, 4.69) is 5.32 Å². The predicted octanol–water partition coefficient (Wildman–Crippen LogP) is 0.429. The number of aryl methyl sites for hydroxylation is 1. The number of carbonyl (C=O) groups excluding carboxylic acids is 2. The molecule has 17 heavy (non-hydrogen) atoms. The number of nitrogens with one attached hydrogen (secondary N) is 1. The summed E-state index contributed by atoms with van der Waals surface area (Å²) in [5.41, 5.74) is 8.24. The van der Waals surface area contributed by atoms with Gasteiger partial charge in [-0.1, -0.05) is 6.07 Å². The first kappa shape index (κ1) is 11.4. The lowest BCUT2D eigenvalue weighted by Crippen LogP contribution is -2.57. The topological polar surface area (TPSA) is 75.4 Å². The van der Waals surface area contributed by atoms with E-state index in [4.69, 9.17) is 5.73 Å². The second-order valence-electron chi connectivity index (χ2n) is 4.28. The third-order valence-corrected chi connectivity index (χ3v) is 2.92. The number of piperazine rings is 1. The number of hydrogen-bond acceptors (Lipinski definition) is 4. The van der Waals surface area contributed by atoms with Gasteiger partial charge in [-0.25, -0.2) is 0 Å². The molecule has 0 aliphatic carbocycles. The number of imide groups is 1. The van der Waals surface area contributed by atoms with Crippen LogP contribution in [0.3, 0.4) is 0 Å². The number of hydrogen-bond donors (Lipinski definition) is 2. The Hall–Kier alpha value is -2.04. The summed E-state index contributed by atoms with van der Waals surface area (Å²) in [4.78, 5) is 24.7. The molecule has 5 nitrogen and oxygen atoms in total. The van der Waals surface area contributed by atoms with Crippen molar-refractivity contribution >= 4 is 23.2 Å². The maximum Gasteiger partial charge on any atom is 0.249 e. The highest BCUT2D eigenvalue weighted by molar-refractivity contribution is 6.05. The maximum absolute atomic E-state index is 11.6. The first-order chi connectivity index (χ1) is 7.99. The molecule has 1 atom stereocenters. The molecule has 1 saturated heterocycles. The Morgan fingerprint density at radius 3 is 2.82 bits per heavy atom. The zero-order valence-corrected chi connectivity index (χ0v) is 9.86. The average Bonchev–Trinajstić information content (AvgIpc) is 2.27. The zero-order chi connectivity index (χ0) is 12.6. The molecule has 1 aromatic carbocycles. The van der Waals surface area contributed by atoms with Crippen LogP contribution in [0.5, 0.6) is 0 Å². The molecular weight excluding hydrogens is 218 g/mol. The largest absolute Gasteiger partial charge is 0.397 e. The van der Waals surface area contributed by atoms with E-state index in [1.807, 2.05) is 19.1 Å². The van der Waals surface area contributed by atoms with Crippen molar-refractivity contribution in [2.24, 2.45) is 0 Å². The van der Waals surface area contributed by atoms with Crippen LogP contribution in [0.1, 0.15) is 12.5 Å². The number of nitrogens with two attached hydrogens (primary N) is 1. The minimum absolute atomic E-state index is 0.153. The summed E-state index contributed by atoms with van der Waals surface area (Å²) in [6, 6.07) is 5.18. The molecule has 1 aliphatic heterocycles. The molecule has 0 radical (unpaired) electrons. The van der Waals surface area contributed by atoms with E-state index in [0.29, 0.717) is 5.69 Å². The lowest BCUT2D eigenvalue weighted by Gasteiger charge is -2.34. The van der Waals surface area contributed by atoms with Crippen molar-refractivity contribution < 1.29 is 9.59 Å². The van der Waals surface area contributed by atoms with Gasteiger partial charge in [-0.15, -0.1) is 0 Å². The van der Waals surface area contributed by atoms with Gasteiger partial charge >= 0.3 is 0 Å². The molecule has 0 spiro atoms. The fourth-order valence-corrected chi connectivity index (χ4v) is 1.91. The van der Waals surface area contributed by atoms with Crippen molar-refractivity contribution in [1.82, 2.24) is 5.32 Å². The Bertz CT molecular complexity index is 485. The van der Waals surface area contributed by atoms with Crippen molar-refractivity contribution in [3.63, 3.8) is 0 Å². The summed E-state index contributed by atoms with van der Waals surface area (Å²) in [6.45, 7) is 3.85. The van der Waals surface area contributed by atoms with Crippen LogP contribution in [0, 0.1) is 6.92 Å². The van der Waals surface area contributed by atoms with Gasteiger partial charge < -0.3 is 10.6 Å². The standard InChI is InChI=1S/C12H15N3O2/c1-7-3-4-9(13)10(5-7)15-6-11(16)14-12(17)8(15)2/h3-5,8H,6,13H2,1-2H3,(H,14,16,17). The lowest BCUT2D eigenvalue weighted by atomic mass is 10.1. The monoisotopic (exact) mass is 233 g/mol. The molecule has 0 bridgehead atoms. The smallest absolute Gasteiger partial charge is 0.249 e. The SMILES string of the molecule is Cc1ccc(N)c(N2CC(=O)NC(=O)C2C)c1. The van der Waals surface area contributed by atoms with E-state index in [1.165, 1.54) is 0 Å². The van der Waals surface area contributed by atoms with Crippen LogP contribution < -0.4 is 16.0 Å².